The zero-order valence-electron chi connectivity index (χ0n) is 11.2. The fourth-order valence-electron chi connectivity index (χ4n) is 3.15. The SMILES string of the molecule is C1=C(c2ccccn2)C2CC2C(c2ccccn2)=CC1. The van der Waals surface area contributed by atoms with Gasteiger partial charge in [-0.1, -0.05) is 24.3 Å². The van der Waals surface area contributed by atoms with Crippen LogP contribution in [0, 0.1) is 11.8 Å². The average Bonchev–Trinajstić information content (AvgIpc) is 3.29. The minimum absolute atomic E-state index is 0.626. The molecule has 2 aromatic heterocycles. The predicted molar refractivity (Wildman–Crippen MR) is 80.6 cm³/mol. The second-order valence-electron chi connectivity index (χ2n) is 5.43. The fraction of sp³-hybridized carbons (Fsp3) is 0.222. The van der Waals surface area contributed by atoms with Crippen molar-refractivity contribution in [2.45, 2.75) is 12.8 Å². The van der Waals surface area contributed by atoms with Crippen molar-refractivity contribution < 1.29 is 0 Å². The summed E-state index contributed by atoms with van der Waals surface area (Å²) in [5.41, 5.74) is 5.10. The van der Waals surface area contributed by atoms with Crippen molar-refractivity contribution in [2.24, 2.45) is 11.8 Å². The standard InChI is InChI=1S/C18H16N2/c1-3-10-19-17(8-1)13-6-5-7-14(16-12-15(13)16)18-9-2-4-11-20-18/h1-4,6-11,15-16H,5,12H2. The van der Waals surface area contributed by atoms with Crippen molar-refractivity contribution in [1.29, 1.82) is 0 Å². The summed E-state index contributed by atoms with van der Waals surface area (Å²) in [6.45, 7) is 0. The van der Waals surface area contributed by atoms with Crippen molar-refractivity contribution in [3.63, 3.8) is 0 Å². The highest BCUT2D eigenvalue weighted by Crippen LogP contribution is 2.55. The van der Waals surface area contributed by atoms with Crippen LogP contribution >= 0.6 is 0 Å². The summed E-state index contributed by atoms with van der Waals surface area (Å²) in [5, 5.41) is 0. The lowest BCUT2D eigenvalue weighted by molar-refractivity contribution is 1.01. The minimum Gasteiger partial charge on any atom is -0.257 e. The maximum atomic E-state index is 4.51. The number of allylic oxidation sites excluding steroid dienone is 4. The zero-order valence-corrected chi connectivity index (χ0v) is 11.2. The normalized spacial score (nSPS) is 24.2. The van der Waals surface area contributed by atoms with Crippen molar-refractivity contribution >= 4 is 11.1 Å². The van der Waals surface area contributed by atoms with Crippen LogP contribution in [0.4, 0.5) is 0 Å². The monoisotopic (exact) mass is 260 g/mol. The van der Waals surface area contributed by atoms with E-state index in [2.05, 4.69) is 46.4 Å². The maximum absolute atomic E-state index is 4.51. The highest BCUT2D eigenvalue weighted by molar-refractivity contribution is 5.78. The van der Waals surface area contributed by atoms with Gasteiger partial charge in [-0.15, -0.1) is 0 Å². The van der Waals surface area contributed by atoms with Crippen LogP contribution in [0.1, 0.15) is 24.2 Å². The van der Waals surface area contributed by atoms with Crippen LogP contribution in [0.15, 0.2) is 60.9 Å². The van der Waals surface area contributed by atoms with E-state index in [9.17, 15) is 0 Å². The molecule has 2 aromatic rings. The molecule has 2 atom stereocenters. The van der Waals surface area contributed by atoms with Gasteiger partial charge in [-0.3, -0.25) is 9.97 Å². The first-order chi connectivity index (χ1) is 9.93. The highest BCUT2D eigenvalue weighted by Gasteiger charge is 2.44. The minimum atomic E-state index is 0.626. The van der Waals surface area contributed by atoms with E-state index >= 15 is 0 Å². The first-order valence-electron chi connectivity index (χ1n) is 7.16. The average molecular weight is 260 g/mol. The molecule has 2 aliphatic rings. The summed E-state index contributed by atoms with van der Waals surface area (Å²) in [6, 6.07) is 12.3. The third-order valence-corrected chi connectivity index (χ3v) is 4.19. The second-order valence-corrected chi connectivity index (χ2v) is 5.43. The number of hydrogen-bond donors (Lipinski definition) is 0. The van der Waals surface area contributed by atoms with Crippen molar-refractivity contribution in [2.75, 3.05) is 0 Å². The molecule has 0 N–H and O–H groups in total. The van der Waals surface area contributed by atoms with Gasteiger partial charge in [0.2, 0.25) is 0 Å². The lowest BCUT2D eigenvalue weighted by Gasteiger charge is -2.06. The first-order valence-corrected chi connectivity index (χ1v) is 7.16. The van der Waals surface area contributed by atoms with Gasteiger partial charge in [0.05, 0.1) is 11.4 Å². The Morgan fingerprint density at radius 2 is 1.30 bits per heavy atom. The van der Waals surface area contributed by atoms with Gasteiger partial charge in [0.15, 0.2) is 0 Å². The van der Waals surface area contributed by atoms with Gasteiger partial charge in [-0.2, -0.15) is 0 Å². The third-order valence-electron chi connectivity index (χ3n) is 4.19. The van der Waals surface area contributed by atoms with Gasteiger partial charge in [0, 0.05) is 12.4 Å². The van der Waals surface area contributed by atoms with Gasteiger partial charge >= 0.3 is 0 Å². The van der Waals surface area contributed by atoms with E-state index in [0.717, 1.165) is 17.8 Å². The Balaban J connectivity index is 1.64. The van der Waals surface area contributed by atoms with Crippen LogP contribution in [0.5, 0.6) is 0 Å². The Morgan fingerprint density at radius 1 is 0.750 bits per heavy atom. The molecule has 2 heterocycles. The molecule has 2 nitrogen and oxygen atoms in total. The molecule has 0 bridgehead atoms. The summed E-state index contributed by atoms with van der Waals surface area (Å²) in [6.07, 6.45) is 10.6. The molecule has 98 valence electrons. The third kappa shape index (κ3) is 1.97. The van der Waals surface area contributed by atoms with E-state index < -0.39 is 0 Å². The van der Waals surface area contributed by atoms with Gasteiger partial charge < -0.3 is 0 Å². The van der Waals surface area contributed by atoms with Crippen LogP contribution < -0.4 is 0 Å². The number of nitrogens with zero attached hydrogens (tertiary/aromatic N) is 2. The van der Waals surface area contributed by atoms with Gasteiger partial charge in [-0.25, -0.2) is 0 Å². The summed E-state index contributed by atoms with van der Waals surface area (Å²) in [4.78, 5) is 9.02. The number of pyridine rings is 2. The van der Waals surface area contributed by atoms with Crippen molar-refractivity contribution in [3.05, 3.63) is 72.3 Å². The van der Waals surface area contributed by atoms with Crippen LogP contribution in [0.2, 0.25) is 0 Å². The van der Waals surface area contributed by atoms with Crippen LogP contribution in [0.3, 0.4) is 0 Å². The molecule has 1 saturated carbocycles. The quantitative estimate of drug-likeness (QED) is 0.816. The topological polar surface area (TPSA) is 25.8 Å². The maximum Gasteiger partial charge on any atom is 0.0661 e. The summed E-state index contributed by atoms with van der Waals surface area (Å²) in [5.74, 6) is 1.25. The number of aromatic nitrogens is 2. The molecule has 2 unspecified atom stereocenters. The van der Waals surface area contributed by atoms with Crippen LogP contribution in [0.25, 0.3) is 11.1 Å². The molecule has 0 aromatic carbocycles. The highest BCUT2D eigenvalue weighted by atomic mass is 14.7. The molecular formula is C18H16N2. The van der Waals surface area contributed by atoms with E-state index in [1.165, 1.54) is 17.6 Å². The smallest absolute Gasteiger partial charge is 0.0661 e. The Kier molecular flexibility index (Phi) is 2.73. The Hall–Kier alpha value is -2.22. The van der Waals surface area contributed by atoms with Gasteiger partial charge in [-0.05, 0) is 60.1 Å². The van der Waals surface area contributed by atoms with E-state index in [1.54, 1.807) is 0 Å². The molecule has 2 aliphatic carbocycles. The molecule has 0 amide bonds. The van der Waals surface area contributed by atoms with Crippen molar-refractivity contribution in [3.8, 4) is 0 Å². The lowest BCUT2D eigenvalue weighted by Crippen LogP contribution is -1.94. The first kappa shape index (κ1) is 11.6. The predicted octanol–water partition coefficient (Wildman–Crippen LogP) is 3.98. The Labute approximate surface area is 118 Å². The fourth-order valence-corrected chi connectivity index (χ4v) is 3.15. The van der Waals surface area contributed by atoms with E-state index in [1.807, 2.05) is 24.5 Å². The van der Waals surface area contributed by atoms with Gasteiger partial charge in [0.25, 0.3) is 0 Å². The molecule has 20 heavy (non-hydrogen) atoms. The number of rotatable bonds is 2. The van der Waals surface area contributed by atoms with E-state index in [-0.39, 0.29) is 0 Å². The Morgan fingerprint density at radius 3 is 1.75 bits per heavy atom. The summed E-state index contributed by atoms with van der Waals surface area (Å²) >= 11 is 0. The molecule has 0 spiro atoms. The Bertz CT molecular complexity index is 612. The number of hydrogen-bond acceptors (Lipinski definition) is 2. The molecule has 0 radical (unpaired) electrons. The van der Waals surface area contributed by atoms with E-state index in [0.29, 0.717) is 11.8 Å². The van der Waals surface area contributed by atoms with E-state index in [4.69, 9.17) is 0 Å². The molecule has 0 aliphatic heterocycles. The largest absolute Gasteiger partial charge is 0.257 e. The zero-order chi connectivity index (χ0) is 13.4. The summed E-state index contributed by atoms with van der Waals surface area (Å²) < 4.78 is 0. The summed E-state index contributed by atoms with van der Waals surface area (Å²) in [7, 11) is 0. The number of fused-ring (bicyclic) bond motifs is 1. The van der Waals surface area contributed by atoms with Crippen LogP contribution in [-0.4, -0.2) is 9.97 Å². The second kappa shape index (κ2) is 4.71. The molecule has 0 saturated heterocycles. The van der Waals surface area contributed by atoms with Gasteiger partial charge in [0.1, 0.15) is 0 Å². The lowest BCUT2D eigenvalue weighted by atomic mass is 10.0. The van der Waals surface area contributed by atoms with Crippen LogP contribution in [-0.2, 0) is 0 Å². The molecule has 2 heteroatoms. The molecular weight excluding hydrogens is 244 g/mol. The van der Waals surface area contributed by atoms with Crippen molar-refractivity contribution in [1.82, 2.24) is 9.97 Å². The molecule has 4 rings (SSSR count). The molecule has 1 fully saturated rings.